The fourth-order valence-electron chi connectivity index (χ4n) is 5.32. The second-order valence-electron chi connectivity index (χ2n) is 7.23. The Balaban J connectivity index is 1.51. The van der Waals surface area contributed by atoms with Crippen LogP contribution in [0.4, 0.5) is 5.13 Å². The second kappa shape index (κ2) is 4.95. The number of hydrogen-bond donors (Lipinski definition) is 1. The molecule has 0 aromatic carbocycles. The van der Waals surface area contributed by atoms with Crippen LogP contribution in [-0.4, -0.2) is 21.2 Å². The third-order valence-corrected chi connectivity index (χ3v) is 7.57. The first-order valence-corrected chi connectivity index (χ1v) is 9.54. The highest BCUT2D eigenvalue weighted by atomic mass is 32.2. The summed E-state index contributed by atoms with van der Waals surface area (Å²) in [4.78, 5) is 13.1. The third kappa shape index (κ3) is 2.40. The average Bonchev–Trinajstić information content (AvgIpc) is 2.81. The van der Waals surface area contributed by atoms with Gasteiger partial charge >= 0.3 is 0 Å². The number of carbonyl (C=O) groups is 1. The highest BCUT2D eigenvalue weighted by Gasteiger charge is 2.55. The largest absolute Gasteiger partial charge is 0.374 e. The van der Waals surface area contributed by atoms with Gasteiger partial charge in [-0.1, -0.05) is 23.1 Å². The number of anilines is 1. The number of carbonyl (C=O) groups excluding carboxylic acids is 1. The van der Waals surface area contributed by atoms with Gasteiger partial charge in [-0.3, -0.25) is 4.79 Å². The van der Waals surface area contributed by atoms with Gasteiger partial charge in [-0.05, 0) is 63.2 Å². The van der Waals surface area contributed by atoms with Gasteiger partial charge in [0, 0.05) is 5.41 Å². The van der Waals surface area contributed by atoms with E-state index in [2.05, 4.69) is 10.2 Å². The number of Topliss-reactive ketones (excluding diaryl/α,β-unsaturated/α-hetero) is 1. The molecule has 4 fully saturated rings. The molecule has 2 N–H and O–H groups in total. The Morgan fingerprint density at radius 2 is 1.81 bits per heavy atom. The summed E-state index contributed by atoms with van der Waals surface area (Å²) in [5.41, 5.74) is 5.61. The predicted molar refractivity (Wildman–Crippen MR) is 85.3 cm³/mol. The van der Waals surface area contributed by atoms with Gasteiger partial charge in [-0.15, -0.1) is 10.2 Å². The highest BCUT2D eigenvalue weighted by molar-refractivity contribution is 8.02. The van der Waals surface area contributed by atoms with E-state index >= 15 is 0 Å². The van der Waals surface area contributed by atoms with Crippen molar-refractivity contribution in [2.24, 2.45) is 23.2 Å². The molecule has 0 radical (unpaired) electrons. The summed E-state index contributed by atoms with van der Waals surface area (Å²) < 4.78 is 0.818. The van der Waals surface area contributed by atoms with Crippen molar-refractivity contribution in [2.75, 3.05) is 5.73 Å². The molecule has 4 saturated carbocycles. The van der Waals surface area contributed by atoms with E-state index in [9.17, 15) is 4.79 Å². The maximum absolute atomic E-state index is 13.1. The Morgan fingerprint density at radius 3 is 2.29 bits per heavy atom. The van der Waals surface area contributed by atoms with E-state index in [0.29, 0.717) is 10.9 Å². The Bertz CT molecular complexity index is 536. The minimum Gasteiger partial charge on any atom is -0.374 e. The molecule has 1 unspecified atom stereocenters. The number of ketones is 1. The smallest absolute Gasteiger partial charge is 0.203 e. The first kappa shape index (κ1) is 14.0. The molecule has 4 aliphatic carbocycles. The van der Waals surface area contributed by atoms with Gasteiger partial charge < -0.3 is 5.73 Å². The zero-order valence-corrected chi connectivity index (χ0v) is 13.9. The zero-order valence-electron chi connectivity index (χ0n) is 12.2. The normalized spacial score (nSPS) is 38.6. The number of hydrogen-bond acceptors (Lipinski definition) is 6. The highest BCUT2D eigenvalue weighted by Crippen LogP contribution is 2.61. The molecule has 21 heavy (non-hydrogen) atoms. The number of nitrogens with zero attached hydrogens (tertiary/aromatic N) is 2. The summed E-state index contributed by atoms with van der Waals surface area (Å²) in [6.45, 7) is 2.03. The molecule has 0 amide bonds. The Hall–Kier alpha value is -0.620. The van der Waals surface area contributed by atoms with Gasteiger partial charge in [0.15, 0.2) is 10.1 Å². The molecule has 0 aliphatic heterocycles. The molecule has 5 rings (SSSR count). The van der Waals surface area contributed by atoms with E-state index in [1.807, 2.05) is 6.92 Å². The Kier molecular flexibility index (Phi) is 3.30. The molecule has 4 bridgehead atoms. The molecule has 1 heterocycles. The molecule has 1 aromatic rings. The lowest BCUT2D eigenvalue weighted by atomic mass is 9.48. The standard InChI is InChI=1S/C15H21N3OS2/c1-8(20-14-18-17-13(16)21-14)12(19)15-5-9-2-10(6-15)4-11(3-9)7-15/h8-11H,2-7H2,1H3,(H2,16,17). The van der Waals surface area contributed by atoms with Gasteiger partial charge in [0.2, 0.25) is 5.13 Å². The molecule has 6 heteroatoms. The molecule has 114 valence electrons. The van der Waals surface area contributed by atoms with Crippen LogP contribution in [0.25, 0.3) is 0 Å². The van der Waals surface area contributed by atoms with Crippen LogP contribution in [0.3, 0.4) is 0 Å². The van der Waals surface area contributed by atoms with Crippen molar-refractivity contribution < 1.29 is 4.79 Å². The van der Waals surface area contributed by atoms with Crippen molar-refractivity contribution in [3.63, 3.8) is 0 Å². The quantitative estimate of drug-likeness (QED) is 0.860. The van der Waals surface area contributed by atoms with Crippen molar-refractivity contribution >= 4 is 34.0 Å². The van der Waals surface area contributed by atoms with Gasteiger partial charge in [-0.2, -0.15) is 0 Å². The Morgan fingerprint density at radius 1 is 1.24 bits per heavy atom. The number of rotatable bonds is 4. The topological polar surface area (TPSA) is 68.9 Å². The zero-order chi connectivity index (χ0) is 14.6. The van der Waals surface area contributed by atoms with Crippen molar-refractivity contribution in [3.8, 4) is 0 Å². The summed E-state index contributed by atoms with van der Waals surface area (Å²) in [6.07, 6.45) is 7.55. The monoisotopic (exact) mass is 323 g/mol. The first-order valence-electron chi connectivity index (χ1n) is 7.84. The molecular weight excluding hydrogens is 302 g/mol. The molecular formula is C15H21N3OS2. The summed E-state index contributed by atoms with van der Waals surface area (Å²) in [5, 5.41) is 8.32. The van der Waals surface area contributed by atoms with Crippen LogP contribution in [0, 0.1) is 23.2 Å². The fourth-order valence-corrected chi connectivity index (χ4v) is 7.29. The van der Waals surface area contributed by atoms with E-state index < -0.39 is 0 Å². The van der Waals surface area contributed by atoms with Gasteiger partial charge in [0.1, 0.15) is 0 Å². The lowest BCUT2D eigenvalue weighted by Crippen LogP contribution is -2.51. The van der Waals surface area contributed by atoms with E-state index in [0.717, 1.165) is 41.4 Å². The molecule has 0 spiro atoms. The number of nitrogens with two attached hydrogens (primary N) is 1. The van der Waals surface area contributed by atoms with Crippen LogP contribution >= 0.6 is 23.1 Å². The van der Waals surface area contributed by atoms with Crippen molar-refractivity contribution in [2.45, 2.75) is 55.0 Å². The van der Waals surface area contributed by atoms with Crippen molar-refractivity contribution in [1.82, 2.24) is 10.2 Å². The maximum atomic E-state index is 13.1. The van der Waals surface area contributed by atoms with Crippen molar-refractivity contribution in [1.29, 1.82) is 0 Å². The SMILES string of the molecule is CC(Sc1nnc(N)s1)C(=O)C12CC3CC(CC(C3)C1)C2. The molecule has 4 nitrogen and oxygen atoms in total. The molecule has 1 aromatic heterocycles. The lowest BCUT2D eigenvalue weighted by Gasteiger charge is -2.56. The average molecular weight is 323 g/mol. The number of thioether (sulfide) groups is 1. The van der Waals surface area contributed by atoms with Crippen LogP contribution in [0.15, 0.2) is 4.34 Å². The van der Waals surface area contributed by atoms with Crippen molar-refractivity contribution in [3.05, 3.63) is 0 Å². The first-order chi connectivity index (χ1) is 10.0. The predicted octanol–water partition coefficient (Wildman–Crippen LogP) is 3.39. The lowest BCUT2D eigenvalue weighted by molar-refractivity contribution is -0.142. The summed E-state index contributed by atoms with van der Waals surface area (Å²) in [6, 6.07) is 0. The summed E-state index contributed by atoms with van der Waals surface area (Å²) in [5.74, 6) is 2.90. The second-order valence-corrected chi connectivity index (χ2v) is 9.83. The van der Waals surface area contributed by atoms with Crippen LogP contribution in [-0.2, 0) is 4.79 Å². The fraction of sp³-hybridized carbons (Fsp3) is 0.800. The van der Waals surface area contributed by atoms with E-state index in [1.54, 1.807) is 0 Å². The van der Waals surface area contributed by atoms with E-state index in [4.69, 9.17) is 5.73 Å². The van der Waals surface area contributed by atoms with E-state index in [-0.39, 0.29) is 10.7 Å². The molecule has 0 saturated heterocycles. The molecule has 4 aliphatic rings. The minimum absolute atomic E-state index is 0.0165. The number of nitrogen functional groups attached to an aromatic ring is 1. The molecule has 1 atom stereocenters. The van der Waals surface area contributed by atoms with Crippen LogP contribution in [0.2, 0.25) is 0 Å². The summed E-state index contributed by atoms with van der Waals surface area (Å²) >= 11 is 2.91. The number of aromatic nitrogens is 2. The minimum atomic E-state index is -0.0337. The van der Waals surface area contributed by atoms with E-state index in [1.165, 1.54) is 42.4 Å². The summed E-state index contributed by atoms with van der Waals surface area (Å²) in [7, 11) is 0. The van der Waals surface area contributed by atoms with Gasteiger partial charge in [0.25, 0.3) is 0 Å². The Labute approximate surface area is 133 Å². The maximum Gasteiger partial charge on any atom is 0.203 e. The van der Waals surface area contributed by atoms with Gasteiger partial charge in [-0.25, -0.2) is 0 Å². The van der Waals surface area contributed by atoms with Crippen LogP contribution < -0.4 is 5.73 Å². The van der Waals surface area contributed by atoms with Crippen LogP contribution in [0.5, 0.6) is 0 Å². The third-order valence-electron chi connectivity index (χ3n) is 5.63. The van der Waals surface area contributed by atoms with Gasteiger partial charge in [0.05, 0.1) is 5.25 Å². The van der Waals surface area contributed by atoms with Crippen LogP contribution in [0.1, 0.15) is 45.4 Å².